The molecule has 0 unspecified atom stereocenters. The van der Waals surface area contributed by atoms with E-state index in [4.69, 9.17) is 16.3 Å². The molecule has 0 aromatic heterocycles. The van der Waals surface area contributed by atoms with Gasteiger partial charge in [-0.3, -0.25) is 0 Å². The average Bonchev–Trinajstić information content (AvgIpc) is 2.59. The SMILES string of the molecule is CCCO[C@H]1C[C@@H](/C=C/c2ccccc2)Nc2ccc(Cl)cc21. The molecule has 2 atom stereocenters. The number of rotatable bonds is 5. The standard InChI is InChI=1S/C20H22ClNO/c1-2-12-23-20-14-17(10-8-15-6-4-3-5-7-15)22-19-11-9-16(21)13-18(19)20/h3-11,13,17,20,22H,2,12,14H2,1H3/b10-8+/t17-,20+/m1/s1. The third kappa shape index (κ3) is 4.15. The fourth-order valence-corrected chi connectivity index (χ4v) is 3.06. The summed E-state index contributed by atoms with van der Waals surface area (Å²) in [4.78, 5) is 0. The number of fused-ring (bicyclic) bond motifs is 1. The molecule has 0 aliphatic carbocycles. The van der Waals surface area contributed by atoms with E-state index in [0.717, 1.165) is 35.7 Å². The van der Waals surface area contributed by atoms with Crippen LogP contribution >= 0.6 is 11.6 Å². The van der Waals surface area contributed by atoms with Gasteiger partial charge in [0.15, 0.2) is 0 Å². The molecule has 23 heavy (non-hydrogen) atoms. The van der Waals surface area contributed by atoms with E-state index in [-0.39, 0.29) is 12.1 Å². The summed E-state index contributed by atoms with van der Waals surface area (Å²) in [6.07, 6.45) is 6.40. The first-order valence-electron chi connectivity index (χ1n) is 8.17. The summed E-state index contributed by atoms with van der Waals surface area (Å²) in [6.45, 7) is 2.90. The van der Waals surface area contributed by atoms with E-state index in [0.29, 0.717) is 0 Å². The predicted molar refractivity (Wildman–Crippen MR) is 97.9 cm³/mol. The first-order valence-corrected chi connectivity index (χ1v) is 8.55. The lowest BCUT2D eigenvalue weighted by Crippen LogP contribution is -2.27. The Balaban J connectivity index is 1.79. The number of hydrogen-bond acceptors (Lipinski definition) is 2. The van der Waals surface area contributed by atoms with Gasteiger partial charge in [-0.1, -0.05) is 61.0 Å². The Morgan fingerprint density at radius 1 is 1.22 bits per heavy atom. The number of anilines is 1. The zero-order chi connectivity index (χ0) is 16.1. The van der Waals surface area contributed by atoms with E-state index in [1.807, 2.05) is 24.3 Å². The van der Waals surface area contributed by atoms with Crippen LogP contribution in [0.4, 0.5) is 5.69 Å². The van der Waals surface area contributed by atoms with Crippen molar-refractivity contribution in [2.24, 2.45) is 0 Å². The highest BCUT2D eigenvalue weighted by molar-refractivity contribution is 6.30. The van der Waals surface area contributed by atoms with Crippen molar-refractivity contribution in [3.05, 3.63) is 70.8 Å². The third-order valence-corrected chi connectivity index (χ3v) is 4.25. The Labute approximate surface area is 143 Å². The van der Waals surface area contributed by atoms with Crippen LogP contribution in [-0.2, 0) is 4.74 Å². The molecular formula is C20H22ClNO. The molecule has 1 aliphatic heterocycles. The number of hydrogen-bond donors (Lipinski definition) is 1. The first kappa shape index (κ1) is 16.1. The molecule has 0 bridgehead atoms. The zero-order valence-corrected chi connectivity index (χ0v) is 14.1. The minimum atomic E-state index is 0.0929. The largest absolute Gasteiger partial charge is 0.378 e. The van der Waals surface area contributed by atoms with Crippen LogP contribution in [-0.4, -0.2) is 12.6 Å². The molecule has 2 aromatic carbocycles. The summed E-state index contributed by atoms with van der Waals surface area (Å²) < 4.78 is 6.06. The van der Waals surface area contributed by atoms with E-state index in [1.165, 1.54) is 5.56 Å². The van der Waals surface area contributed by atoms with E-state index in [1.54, 1.807) is 0 Å². The second kappa shape index (κ2) is 7.67. The summed E-state index contributed by atoms with van der Waals surface area (Å²) in [5.74, 6) is 0. The summed E-state index contributed by atoms with van der Waals surface area (Å²) in [5.41, 5.74) is 3.49. The van der Waals surface area contributed by atoms with Gasteiger partial charge in [-0.05, 0) is 30.2 Å². The minimum absolute atomic E-state index is 0.0929. The van der Waals surface area contributed by atoms with Crippen molar-refractivity contribution in [3.63, 3.8) is 0 Å². The first-order chi connectivity index (χ1) is 11.3. The third-order valence-electron chi connectivity index (χ3n) is 4.01. The van der Waals surface area contributed by atoms with Gasteiger partial charge in [0, 0.05) is 35.3 Å². The Bertz CT molecular complexity index is 669. The van der Waals surface area contributed by atoms with Crippen LogP contribution in [0.1, 0.15) is 37.0 Å². The van der Waals surface area contributed by atoms with Gasteiger partial charge in [0.25, 0.3) is 0 Å². The van der Waals surface area contributed by atoms with Gasteiger partial charge in [0.2, 0.25) is 0 Å². The summed E-state index contributed by atoms with van der Waals surface area (Å²) >= 11 is 6.16. The van der Waals surface area contributed by atoms with Crippen molar-refractivity contribution in [3.8, 4) is 0 Å². The van der Waals surface area contributed by atoms with Crippen LogP contribution in [0.2, 0.25) is 5.02 Å². The molecule has 2 aromatic rings. The van der Waals surface area contributed by atoms with Gasteiger partial charge in [0.1, 0.15) is 0 Å². The molecule has 1 heterocycles. The quantitative estimate of drug-likeness (QED) is 0.760. The van der Waals surface area contributed by atoms with Crippen molar-refractivity contribution >= 4 is 23.4 Å². The van der Waals surface area contributed by atoms with Gasteiger partial charge in [0.05, 0.1) is 6.10 Å². The van der Waals surface area contributed by atoms with E-state index in [2.05, 4.69) is 48.7 Å². The van der Waals surface area contributed by atoms with Crippen LogP contribution in [0.25, 0.3) is 6.08 Å². The Morgan fingerprint density at radius 3 is 2.83 bits per heavy atom. The van der Waals surface area contributed by atoms with Crippen LogP contribution in [0.5, 0.6) is 0 Å². The molecule has 0 saturated carbocycles. The molecule has 120 valence electrons. The van der Waals surface area contributed by atoms with Gasteiger partial charge in [-0.15, -0.1) is 0 Å². The molecule has 0 radical (unpaired) electrons. The monoisotopic (exact) mass is 327 g/mol. The van der Waals surface area contributed by atoms with E-state index >= 15 is 0 Å². The second-order valence-corrected chi connectivity index (χ2v) is 6.28. The van der Waals surface area contributed by atoms with Gasteiger partial charge in [-0.25, -0.2) is 0 Å². The number of benzene rings is 2. The number of nitrogens with one attached hydrogen (secondary N) is 1. The van der Waals surface area contributed by atoms with Crippen molar-refractivity contribution in [1.82, 2.24) is 0 Å². The highest BCUT2D eigenvalue weighted by Gasteiger charge is 2.25. The summed E-state index contributed by atoms with van der Waals surface area (Å²) in [6, 6.07) is 16.6. The molecule has 2 nitrogen and oxygen atoms in total. The predicted octanol–water partition coefficient (Wildman–Crippen LogP) is 5.71. The lowest BCUT2D eigenvalue weighted by atomic mass is 9.94. The van der Waals surface area contributed by atoms with Crippen molar-refractivity contribution in [1.29, 1.82) is 0 Å². The van der Waals surface area contributed by atoms with Crippen LogP contribution in [0.15, 0.2) is 54.6 Å². The molecule has 1 aliphatic rings. The Kier molecular flexibility index (Phi) is 5.37. The molecule has 3 heteroatoms. The molecule has 0 fully saturated rings. The number of halogens is 1. The second-order valence-electron chi connectivity index (χ2n) is 5.85. The highest BCUT2D eigenvalue weighted by atomic mass is 35.5. The van der Waals surface area contributed by atoms with Crippen molar-refractivity contribution in [2.45, 2.75) is 31.9 Å². The van der Waals surface area contributed by atoms with Crippen LogP contribution in [0.3, 0.4) is 0 Å². The van der Waals surface area contributed by atoms with E-state index in [9.17, 15) is 0 Å². The zero-order valence-electron chi connectivity index (χ0n) is 13.3. The average molecular weight is 328 g/mol. The van der Waals surface area contributed by atoms with Gasteiger partial charge in [-0.2, -0.15) is 0 Å². The maximum Gasteiger partial charge on any atom is 0.0868 e. The normalized spacial score (nSPS) is 20.3. The van der Waals surface area contributed by atoms with Gasteiger partial charge >= 0.3 is 0 Å². The fraction of sp³-hybridized carbons (Fsp3) is 0.300. The summed E-state index contributed by atoms with van der Waals surface area (Å²) in [7, 11) is 0. The Hall–Kier alpha value is -1.77. The molecule has 0 amide bonds. The molecule has 1 N–H and O–H groups in total. The maximum absolute atomic E-state index is 6.16. The molecule has 3 rings (SSSR count). The number of ether oxygens (including phenoxy) is 1. The summed E-state index contributed by atoms with van der Waals surface area (Å²) in [5, 5.41) is 4.33. The topological polar surface area (TPSA) is 21.3 Å². The lowest BCUT2D eigenvalue weighted by molar-refractivity contribution is 0.0439. The van der Waals surface area contributed by atoms with Gasteiger partial charge < -0.3 is 10.1 Å². The maximum atomic E-state index is 6.16. The highest BCUT2D eigenvalue weighted by Crippen LogP contribution is 2.37. The van der Waals surface area contributed by atoms with Crippen molar-refractivity contribution < 1.29 is 4.74 Å². The molecule has 0 spiro atoms. The van der Waals surface area contributed by atoms with Crippen molar-refractivity contribution in [2.75, 3.05) is 11.9 Å². The Morgan fingerprint density at radius 2 is 2.04 bits per heavy atom. The van der Waals surface area contributed by atoms with Crippen LogP contribution in [0, 0.1) is 0 Å². The minimum Gasteiger partial charge on any atom is -0.378 e. The van der Waals surface area contributed by atoms with E-state index < -0.39 is 0 Å². The molecule has 0 saturated heterocycles. The smallest absolute Gasteiger partial charge is 0.0868 e. The van der Waals surface area contributed by atoms with Crippen LogP contribution < -0.4 is 5.32 Å². The lowest BCUT2D eigenvalue weighted by Gasteiger charge is -2.32. The molecular weight excluding hydrogens is 306 g/mol. The fourth-order valence-electron chi connectivity index (χ4n) is 2.88.